The van der Waals surface area contributed by atoms with Crippen LogP contribution in [0.2, 0.25) is 0 Å². The summed E-state index contributed by atoms with van der Waals surface area (Å²) in [6.07, 6.45) is 1.41. The molecule has 0 unspecified atom stereocenters. The lowest BCUT2D eigenvalue weighted by Gasteiger charge is -2.23. The van der Waals surface area contributed by atoms with Crippen LogP contribution in [-0.4, -0.2) is 29.2 Å². The van der Waals surface area contributed by atoms with Gasteiger partial charge in [-0.25, -0.2) is 9.79 Å². The van der Waals surface area contributed by atoms with Crippen LogP contribution in [0.5, 0.6) is 11.5 Å². The van der Waals surface area contributed by atoms with Crippen LogP contribution in [0.4, 0.5) is 5.88 Å². The summed E-state index contributed by atoms with van der Waals surface area (Å²) in [4.78, 5) is 42.0. The van der Waals surface area contributed by atoms with E-state index < -0.39 is 28.4 Å². The summed E-state index contributed by atoms with van der Waals surface area (Å²) in [5, 5.41) is 11.0. The Morgan fingerprint density at radius 3 is 2.63 bits per heavy atom. The van der Waals surface area contributed by atoms with Crippen molar-refractivity contribution in [3.63, 3.8) is 0 Å². The molecule has 0 spiro atoms. The topological polar surface area (TPSA) is 135 Å². The van der Waals surface area contributed by atoms with E-state index in [1.54, 1.807) is 32.0 Å². The van der Waals surface area contributed by atoms with Crippen LogP contribution in [0.25, 0.3) is 11.8 Å². The number of nitro groups is 1. The van der Waals surface area contributed by atoms with Gasteiger partial charge >= 0.3 is 11.9 Å². The number of allylic oxidation sites excluding steroid dienone is 1. The van der Waals surface area contributed by atoms with Crippen LogP contribution in [0.1, 0.15) is 36.8 Å². The van der Waals surface area contributed by atoms with Gasteiger partial charge in [-0.2, -0.15) is 0 Å². The number of hydrogen-bond donors (Lipinski definition) is 0. The third kappa shape index (κ3) is 5.54. The molecule has 4 aromatic rings. The second kappa shape index (κ2) is 11.6. The number of nitrogens with zero attached hydrogens (tertiary/aromatic N) is 3. The number of ether oxygens (including phenoxy) is 3. The number of carbonyl (C=O) groups is 1. The highest BCUT2D eigenvalue weighted by Crippen LogP contribution is 2.37. The zero-order valence-corrected chi connectivity index (χ0v) is 23.2. The summed E-state index contributed by atoms with van der Waals surface area (Å²) < 4.78 is 23.7. The molecule has 0 saturated heterocycles. The maximum absolute atomic E-state index is 13.4. The molecular weight excluding hydrogens is 550 g/mol. The van der Waals surface area contributed by atoms with Crippen LogP contribution in [0, 0.1) is 10.1 Å². The molecule has 0 amide bonds. The van der Waals surface area contributed by atoms with E-state index in [1.807, 2.05) is 30.3 Å². The van der Waals surface area contributed by atoms with Gasteiger partial charge in [-0.05, 0) is 43.2 Å². The van der Waals surface area contributed by atoms with E-state index in [2.05, 4.69) is 0 Å². The number of rotatable bonds is 9. The van der Waals surface area contributed by atoms with E-state index in [1.165, 1.54) is 29.9 Å². The number of methoxy groups -OCH3 is 1. The minimum absolute atomic E-state index is 0.139. The molecule has 0 radical (unpaired) electrons. The fraction of sp³-hybridized carbons (Fsp3) is 0.207. The molecule has 11 nitrogen and oxygen atoms in total. The normalized spacial score (nSPS) is 14.8. The van der Waals surface area contributed by atoms with Crippen LogP contribution < -0.4 is 24.4 Å². The smallest absolute Gasteiger partial charge is 0.433 e. The monoisotopic (exact) mass is 575 g/mol. The Morgan fingerprint density at radius 2 is 1.95 bits per heavy atom. The van der Waals surface area contributed by atoms with Gasteiger partial charge in [0.15, 0.2) is 16.3 Å². The lowest BCUT2D eigenvalue weighted by atomic mass is 9.96. The van der Waals surface area contributed by atoms with Gasteiger partial charge in [0.1, 0.15) is 27.9 Å². The molecule has 0 bridgehead atoms. The van der Waals surface area contributed by atoms with Gasteiger partial charge in [0, 0.05) is 11.8 Å². The second-order valence-electron chi connectivity index (χ2n) is 8.90. The van der Waals surface area contributed by atoms with Crippen LogP contribution >= 0.6 is 11.3 Å². The number of thiazole rings is 1. The van der Waals surface area contributed by atoms with Crippen molar-refractivity contribution in [3.8, 4) is 11.5 Å². The highest BCUT2D eigenvalue weighted by atomic mass is 32.1. The first-order chi connectivity index (χ1) is 19.8. The van der Waals surface area contributed by atoms with Crippen molar-refractivity contribution in [3.05, 3.63) is 113 Å². The van der Waals surface area contributed by atoms with Gasteiger partial charge in [0.25, 0.3) is 5.56 Å². The van der Waals surface area contributed by atoms with E-state index in [9.17, 15) is 19.7 Å². The number of benzene rings is 2. The first kappa shape index (κ1) is 27.6. The number of hydrogen-bond acceptors (Lipinski definition) is 10. The average Bonchev–Trinajstić information content (AvgIpc) is 3.57. The Kier molecular flexibility index (Phi) is 7.83. The molecule has 41 heavy (non-hydrogen) atoms. The Labute approximate surface area is 237 Å². The molecule has 210 valence electrons. The predicted octanol–water partition coefficient (Wildman–Crippen LogP) is 4.00. The summed E-state index contributed by atoms with van der Waals surface area (Å²) in [5.74, 6) is 0.0859. The zero-order chi connectivity index (χ0) is 29.1. The maximum Gasteiger partial charge on any atom is 0.433 e. The van der Waals surface area contributed by atoms with Gasteiger partial charge in [-0.15, -0.1) is 0 Å². The Morgan fingerprint density at radius 1 is 1.17 bits per heavy atom. The second-order valence-corrected chi connectivity index (χ2v) is 9.91. The summed E-state index contributed by atoms with van der Waals surface area (Å²) >= 11 is 1.08. The molecule has 5 rings (SSSR count). The van der Waals surface area contributed by atoms with Crippen molar-refractivity contribution in [2.45, 2.75) is 26.5 Å². The van der Waals surface area contributed by atoms with E-state index in [0.717, 1.165) is 16.9 Å². The van der Waals surface area contributed by atoms with Gasteiger partial charge < -0.3 is 18.6 Å². The third-order valence-electron chi connectivity index (χ3n) is 6.35. The highest BCUT2D eigenvalue weighted by Gasteiger charge is 2.32. The lowest BCUT2D eigenvalue weighted by Crippen LogP contribution is -2.35. The number of aromatic nitrogens is 1. The summed E-state index contributed by atoms with van der Waals surface area (Å²) in [6, 6.07) is 16.8. The molecule has 0 saturated carbocycles. The van der Waals surface area contributed by atoms with Crippen molar-refractivity contribution >= 4 is 35.0 Å². The summed E-state index contributed by atoms with van der Waals surface area (Å²) in [6.45, 7) is 3.83. The molecule has 1 aliphatic heterocycles. The van der Waals surface area contributed by atoms with Gasteiger partial charge in [-0.1, -0.05) is 47.7 Å². The van der Waals surface area contributed by atoms with E-state index in [-0.39, 0.29) is 22.5 Å². The van der Waals surface area contributed by atoms with Crippen molar-refractivity contribution in [1.29, 1.82) is 0 Å². The summed E-state index contributed by atoms with van der Waals surface area (Å²) in [7, 11) is 1.53. The quantitative estimate of drug-likeness (QED) is 0.166. The van der Waals surface area contributed by atoms with Crippen molar-refractivity contribution in [2.75, 3.05) is 13.7 Å². The van der Waals surface area contributed by atoms with Crippen LogP contribution in [0.15, 0.2) is 80.4 Å². The van der Waals surface area contributed by atoms with E-state index in [0.29, 0.717) is 34.2 Å². The third-order valence-corrected chi connectivity index (χ3v) is 7.33. The number of fused-ring (bicyclic) bond motifs is 1. The molecule has 3 heterocycles. The van der Waals surface area contributed by atoms with Crippen molar-refractivity contribution in [2.24, 2.45) is 4.99 Å². The largest absolute Gasteiger partial charge is 0.493 e. The molecular formula is C29H25N3O8S. The number of esters is 1. The minimum atomic E-state index is -0.790. The van der Waals surface area contributed by atoms with Crippen LogP contribution in [-0.2, 0) is 16.1 Å². The highest BCUT2D eigenvalue weighted by molar-refractivity contribution is 7.07. The molecule has 0 aliphatic carbocycles. The maximum atomic E-state index is 13.4. The molecule has 1 aliphatic rings. The van der Waals surface area contributed by atoms with Crippen molar-refractivity contribution < 1.29 is 28.3 Å². The SMILES string of the molecule is CCOC(=O)C1=C(C)n2c(s/c(=C/c3ccc([N+](=O)[O-])o3)c2=O)=N[C@@H]1c1ccc(OCc2ccccc2)c(OC)c1. The zero-order valence-electron chi connectivity index (χ0n) is 22.4. The van der Waals surface area contributed by atoms with Gasteiger partial charge in [0.05, 0.1) is 25.4 Å². The van der Waals surface area contributed by atoms with E-state index >= 15 is 0 Å². The predicted molar refractivity (Wildman–Crippen MR) is 150 cm³/mol. The Bertz CT molecular complexity index is 1840. The van der Waals surface area contributed by atoms with E-state index in [4.69, 9.17) is 23.6 Å². The first-order valence-electron chi connectivity index (χ1n) is 12.6. The van der Waals surface area contributed by atoms with Crippen molar-refractivity contribution in [1.82, 2.24) is 4.57 Å². The van der Waals surface area contributed by atoms with Gasteiger partial charge in [0.2, 0.25) is 0 Å². The van der Waals surface area contributed by atoms with Crippen LogP contribution in [0.3, 0.4) is 0 Å². The average molecular weight is 576 g/mol. The fourth-order valence-electron chi connectivity index (χ4n) is 4.41. The lowest BCUT2D eigenvalue weighted by molar-refractivity contribution is -0.402. The standard InChI is InChI=1S/C29H25N3O8S/c1-4-38-28(34)25-17(2)31-27(33)23(15-20-11-13-24(40-20)32(35)36)41-29(31)30-26(25)19-10-12-21(22(14-19)37-3)39-16-18-8-6-5-7-9-18/h5-15,26H,4,16H2,1-3H3/b23-15+/t26-/m1/s1. The first-order valence-corrected chi connectivity index (χ1v) is 13.4. The molecule has 0 fully saturated rings. The molecule has 0 N–H and O–H groups in total. The summed E-state index contributed by atoms with van der Waals surface area (Å²) in [5.41, 5.74) is 1.77. The molecule has 2 aromatic carbocycles. The molecule has 12 heteroatoms. The minimum Gasteiger partial charge on any atom is -0.493 e. The fourth-order valence-corrected chi connectivity index (χ4v) is 5.43. The van der Waals surface area contributed by atoms with Gasteiger partial charge in [-0.3, -0.25) is 19.5 Å². The number of furan rings is 1. The molecule has 1 atom stereocenters. The molecule has 2 aromatic heterocycles. The number of carbonyl (C=O) groups excluding carboxylic acids is 1. The Hall–Kier alpha value is -4.97. The Balaban J connectivity index is 1.58.